The quantitative estimate of drug-likeness (QED) is 0.856. The van der Waals surface area contributed by atoms with Crippen LogP contribution in [0.5, 0.6) is 0 Å². The van der Waals surface area contributed by atoms with Crippen LogP contribution in [-0.4, -0.2) is 16.3 Å². The zero-order valence-electron chi connectivity index (χ0n) is 8.44. The molecule has 0 aromatic carbocycles. The molecule has 3 nitrogen and oxygen atoms in total. The summed E-state index contributed by atoms with van der Waals surface area (Å²) < 4.78 is 5.18. The summed E-state index contributed by atoms with van der Waals surface area (Å²) in [5.74, 6) is 0.637. The predicted octanol–water partition coefficient (Wildman–Crippen LogP) is 3.15. The molecule has 0 unspecified atom stereocenters. The van der Waals surface area contributed by atoms with Gasteiger partial charge in [0.15, 0.2) is 0 Å². The van der Waals surface area contributed by atoms with Crippen LogP contribution in [0.2, 0.25) is 0 Å². The summed E-state index contributed by atoms with van der Waals surface area (Å²) >= 11 is 1.88. The van der Waals surface area contributed by atoms with E-state index in [1.807, 2.05) is 11.8 Å². The molecule has 0 saturated heterocycles. The third kappa shape index (κ3) is 2.78. The fourth-order valence-electron chi connectivity index (χ4n) is 1.82. The Morgan fingerprint density at radius 1 is 1.53 bits per heavy atom. The molecule has 1 heterocycles. The van der Waals surface area contributed by atoms with Crippen molar-refractivity contribution in [1.29, 1.82) is 0 Å². The maximum absolute atomic E-state index is 10.6. The van der Waals surface area contributed by atoms with Gasteiger partial charge in [-0.15, -0.1) is 0 Å². The molecule has 1 fully saturated rings. The summed E-state index contributed by atoms with van der Waals surface area (Å²) in [4.78, 5) is 10.6. The first kappa shape index (κ1) is 10.6. The number of carboxylic acids is 1. The predicted molar refractivity (Wildman–Crippen MR) is 59.2 cm³/mol. The average molecular weight is 226 g/mol. The van der Waals surface area contributed by atoms with Crippen molar-refractivity contribution in [1.82, 2.24) is 0 Å². The van der Waals surface area contributed by atoms with Gasteiger partial charge in [0, 0.05) is 5.25 Å². The molecular weight excluding hydrogens is 212 g/mol. The molecule has 0 atom stereocenters. The molecule has 0 spiro atoms. The Morgan fingerprint density at radius 3 is 2.87 bits per heavy atom. The van der Waals surface area contributed by atoms with Crippen molar-refractivity contribution in [3.63, 3.8) is 0 Å². The van der Waals surface area contributed by atoms with E-state index < -0.39 is 5.97 Å². The zero-order chi connectivity index (χ0) is 10.7. The number of carbonyl (C=O) groups is 1. The summed E-state index contributed by atoms with van der Waals surface area (Å²) in [5.41, 5.74) is 0.247. The molecule has 0 bridgehead atoms. The van der Waals surface area contributed by atoms with Gasteiger partial charge < -0.3 is 9.52 Å². The number of aromatic carboxylic acids is 1. The topological polar surface area (TPSA) is 50.4 Å². The van der Waals surface area contributed by atoms with Crippen molar-refractivity contribution in [3.8, 4) is 0 Å². The number of furan rings is 1. The van der Waals surface area contributed by atoms with Gasteiger partial charge in [0.25, 0.3) is 0 Å². The van der Waals surface area contributed by atoms with Crippen molar-refractivity contribution in [2.75, 3.05) is 0 Å². The molecule has 82 valence electrons. The fourth-order valence-corrected chi connectivity index (χ4v) is 3.04. The molecule has 1 aliphatic rings. The molecule has 2 rings (SSSR count). The van der Waals surface area contributed by atoms with Gasteiger partial charge in [0.2, 0.25) is 0 Å². The van der Waals surface area contributed by atoms with Crippen LogP contribution in [-0.2, 0) is 5.75 Å². The van der Waals surface area contributed by atoms with Gasteiger partial charge in [0.1, 0.15) is 12.0 Å². The number of rotatable bonds is 4. The minimum Gasteiger partial charge on any atom is -0.478 e. The van der Waals surface area contributed by atoms with Gasteiger partial charge in [-0.05, 0) is 18.9 Å². The highest BCUT2D eigenvalue weighted by Crippen LogP contribution is 2.31. The van der Waals surface area contributed by atoms with Gasteiger partial charge in [0.05, 0.1) is 11.3 Å². The highest BCUT2D eigenvalue weighted by Gasteiger charge is 2.16. The lowest BCUT2D eigenvalue weighted by atomic mass is 10.3. The average Bonchev–Trinajstić information content (AvgIpc) is 2.86. The van der Waals surface area contributed by atoms with Gasteiger partial charge in [-0.1, -0.05) is 12.8 Å². The third-order valence-corrected chi connectivity index (χ3v) is 4.06. The lowest BCUT2D eigenvalue weighted by molar-refractivity contribution is 0.0696. The summed E-state index contributed by atoms with van der Waals surface area (Å²) in [6, 6.07) is 1.62. The molecule has 1 aliphatic carbocycles. The van der Waals surface area contributed by atoms with Gasteiger partial charge in [-0.2, -0.15) is 11.8 Å². The highest BCUT2D eigenvalue weighted by molar-refractivity contribution is 7.99. The van der Waals surface area contributed by atoms with E-state index >= 15 is 0 Å². The monoisotopic (exact) mass is 226 g/mol. The highest BCUT2D eigenvalue weighted by atomic mass is 32.2. The molecule has 1 saturated carbocycles. The second kappa shape index (κ2) is 4.75. The summed E-state index contributed by atoms with van der Waals surface area (Å²) in [6.07, 6.45) is 6.55. The van der Waals surface area contributed by atoms with E-state index in [4.69, 9.17) is 9.52 Å². The van der Waals surface area contributed by atoms with Crippen LogP contribution < -0.4 is 0 Å². The first-order valence-electron chi connectivity index (χ1n) is 5.18. The lowest BCUT2D eigenvalue weighted by Crippen LogP contribution is -1.94. The van der Waals surface area contributed by atoms with Crippen LogP contribution >= 0.6 is 11.8 Å². The van der Waals surface area contributed by atoms with Crippen LogP contribution in [0.15, 0.2) is 16.7 Å². The number of hydrogen-bond acceptors (Lipinski definition) is 3. The number of thioether (sulfide) groups is 1. The van der Waals surface area contributed by atoms with E-state index in [2.05, 4.69) is 0 Å². The maximum atomic E-state index is 10.6. The van der Waals surface area contributed by atoms with Crippen LogP contribution in [0.25, 0.3) is 0 Å². The number of hydrogen-bond donors (Lipinski definition) is 1. The van der Waals surface area contributed by atoms with Gasteiger partial charge >= 0.3 is 5.97 Å². The summed E-state index contributed by atoms with van der Waals surface area (Å²) in [6.45, 7) is 0. The number of carboxylic acid groups (broad SMARTS) is 1. The van der Waals surface area contributed by atoms with E-state index in [0.29, 0.717) is 0 Å². The molecule has 0 radical (unpaired) electrons. The van der Waals surface area contributed by atoms with Crippen LogP contribution in [0.1, 0.15) is 41.8 Å². The zero-order valence-corrected chi connectivity index (χ0v) is 9.26. The van der Waals surface area contributed by atoms with Crippen molar-refractivity contribution < 1.29 is 14.3 Å². The molecule has 0 amide bonds. The molecule has 1 N–H and O–H groups in total. The third-order valence-electron chi connectivity index (χ3n) is 2.66. The Morgan fingerprint density at radius 2 is 2.27 bits per heavy atom. The Bertz CT molecular complexity index is 339. The standard InChI is InChI=1S/C11H14O3S/c12-11(13)8-5-9(14-6-8)7-15-10-3-1-2-4-10/h5-6,10H,1-4,7H2,(H,12,13). The second-order valence-electron chi connectivity index (χ2n) is 3.82. The molecule has 0 aliphatic heterocycles. The molecule has 1 aromatic heterocycles. The molecule has 1 aromatic rings. The van der Waals surface area contributed by atoms with Crippen LogP contribution in [0, 0.1) is 0 Å². The Labute approximate surface area is 92.9 Å². The van der Waals surface area contributed by atoms with Crippen molar-refractivity contribution in [2.24, 2.45) is 0 Å². The van der Waals surface area contributed by atoms with Gasteiger partial charge in [-0.25, -0.2) is 4.79 Å². The molecular formula is C11H14O3S. The Balaban J connectivity index is 1.84. The van der Waals surface area contributed by atoms with Crippen LogP contribution in [0.4, 0.5) is 0 Å². The maximum Gasteiger partial charge on any atom is 0.338 e. The van der Waals surface area contributed by atoms with Gasteiger partial charge in [-0.3, -0.25) is 0 Å². The normalized spacial score (nSPS) is 17.1. The second-order valence-corrected chi connectivity index (χ2v) is 5.11. The Hall–Kier alpha value is -0.900. The minimum absolute atomic E-state index is 0.247. The SMILES string of the molecule is O=C(O)c1coc(CSC2CCCC2)c1. The lowest BCUT2D eigenvalue weighted by Gasteiger charge is -2.05. The van der Waals surface area contributed by atoms with E-state index in [-0.39, 0.29) is 5.56 Å². The summed E-state index contributed by atoms with van der Waals surface area (Å²) in [7, 11) is 0. The van der Waals surface area contributed by atoms with E-state index in [0.717, 1.165) is 16.8 Å². The smallest absolute Gasteiger partial charge is 0.338 e. The molecule has 15 heavy (non-hydrogen) atoms. The van der Waals surface area contributed by atoms with Crippen molar-refractivity contribution in [2.45, 2.75) is 36.7 Å². The summed E-state index contributed by atoms with van der Waals surface area (Å²) in [5, 5.41) is 9.45. The Kier molecular flexibility index (Phi) is 3.36. The van der Waals surface area contributed by atoms with E-state index in [1.165, 1.54) is 31.9 Å². The van der Waals surface area contributed by atoms with Crippen molar-refractivity contribution >= 4 is 17.7 Å². The van der Waals surface area contributed by atoms with E-state index in [1.54, 1.807) is 6.07 Å². The molecule has 4 heteroatoms. The first-order valence-corrected chi connectivity index (χ1v) is 6.23. The van der Waals surface area contributed by atoms with Crippen LogP contribution in [0.3, 0.4) is 0 Å². The fraction of sp³-hybridized carbons (Fsp3) is 0.545. The minimum atomic E-state index is -0.920. The largest absolute Gasteiger partial charge is 0.478 e. The van der Waals surface area contributed by atoms with E-state index in [9.17, 15) is 4.79 Å². The first-order chi connectivity index (χ1) is 7.25. The van der Waals surface area contributed by atoms with Crippen molar-refractivity contribution in [3.05, 3.63) is 23.7 Å².